The van der Waals surface area contributed by atoms with Gasteiger partial charge in [-0.05, 0) is 39.0 Å². The zero-order valence-corrected chi connectivity index (χ0v) is 17.6. The van der Waals surface area contributed by atoms with Crippen molar-refractivity contribution in [3.63, 3.8) is 0 Å². The van der Waals surface area contributed by atoms with E-state index in [1.54, 1.807) is 6.07 Å². The zero-order valence-electron chi connectivity index (χ0n) is 16.1. The second kappa shape index (κ2) is 11.9. The van der Waals surface area contributed by atoms with Crippen molar-refractivity contribution in [1.29, 1.82) is 0 Å². The lowest BCUT2D eigenvalue weighted by Crippen LogP contribution is -2.46. The molecule has 2 aromatic rings. The van der Waals surface area contributed by atoms with Crippen LogP contribution >= 0.6 is 23.2 Å². The van der Waals surface area contributed by atoms with E-state index in [0.29, 0.717) is 15.8 Å². The van der Waals surface area contributed by atoms with E-state index in [9.17, 15) is 4.79 Å². The average molecular weight is 413 g/mol. The molecule has 0 amide bonds. The quantitative estimate of drug-likeness (QED) is 0.580. The normalized spacial score (nSPS) is 10.7. The van der Waals surface area contributed by atoms with Crippen LogP contribution < -0.4 is 4.74 Å². The lowest BCUT2D eigenvalue weighted by molar-refractivity contribution is -0.936. The third-order valence-electron chi connectivity index (χ3n) is 4.62. The Morgan fingerprint density at radius 3 is 2.07 bits per heavy atom. The zero-order chi connectivity index (χ0) is 20.3. The number of hydrogen-bond donors (Lipinski definition) is 1. The fourth-order valence-electron chi connectivity index (χ4n) is 2.71. The summed E-state index contributed by atoms with van der Waals surface area (Å²) in [5.41, 5.74) is 1.46. The van der Waals surface area contributed by atoms with E-state index in [1.165, 1.54) is 48.4 Å². The standard InChI is InChI=1S/C13H22N.C8H6Cl2O3/c1-4-14(5-2,6-3)12-13-10-8-7-9-11-13;9-5-1-2-7(6(10)3-5)13-4-8(11)12/h7-11H,4-6,12H2,1-3H3;1-3H,4H2,(H,11,12)/q+1;. The van der Waals surface area contributed by atoms with Crippen LogP contribution in [0, 0.1) is 0 Å². The molecule has 27 heavy (non-hydrogen) atoms. The van der Waals surface area contributed by atoms with Crippen molar-refractivity contribution in [2.24, 2.45) is 0 Å². The van der Waals surface area contributed by atoms with Crippen LogP contribution in [0.4, 0.5) is 0 Å². The minimum absolute atomic E-state index is 0.300. The van der Waals surface area contributed by atoms with Crippen LogP contribution in [0.2, 0.25) is 10.0 Å². The number of quaternary nitrogens is 1. The summed E-state index contributed by atoms with van der Waals surface area (Å²) in [6, 6.07) is 15.4. The van der Waals surface area contributed by atoms with Gasteiger partial charge in [-0.15, -0.1) is 0 Å². The summed E-state index contributed by atoms with van der Waals surface area (Å²) in [7, 11) is 0. The molecule has 0 aliphatic heterocycles. The van der Waals surface area contributed by atoms with Crippen LogP contribution in [0.5, 0.6) is 5.75 Å². The minimum atomic E-state index is -1.05. The van der Waals surface area contributed by atoms with Crippen LogP contribution in [-0.2, 0) is 11.3 Å². The van der Waals surface area contributed by atoms with Crippen molar-refractivity contribution in [2.75, 3.05) is 26.2 Å². The number of carboxylic acids is 1. The number of aliphatic carboxylic acids is 1. The van der Waals surface area contributed by atoms with E-state index < -0.39 is 12.6 Å². The highest BCUT2D eigenvalue weighted by molar-refractivity contribution is 6.35. The van der Waals surface area contributed by atoms with Gasteiger partial charge in [0, 0.05) is 10.6 Å². The van der Waals surface area contributed by atoms with Gasteiger partial charge >= 0.3 is 5.97 Å². The number of benzene rings is 2. The monoisotopic (exact) mass is 412 g/mol. The van der Waals surface area contributed by atoms with Gasteiger partial charge in [0.25, 0.3) is 0 Å². The van der Waals surface area contributed by atoms with E-state index >= 15 is 0 Å². The molecule has 6 heteroatoms. The molecule has 4 nitrogen and oxygen atoms in total. The van der Waals surface area contributed by atoms with E-state index in [1.807, 2.05) is 0 Å². The number of hydrogen-bond acceptors (Lipinski definition) is 2. The van der Waals surface area contributed by atoms with Crippen molar-refractivity contribution in [3.05, 3.63) is 64.1 Å². The molecule has 148 valence electrons. The van der Waals surface area contributed by atoms with E-state index in [2.05, 4.69) is 51.1 Å². The van der Waals surface area contributed by atoms with Crippen LogP contribution in [-0.4, -0.2) is 41.8 Å². The molecule has 0 spiro atoms. The molecule has 2 rings (SSSR count). The van der Waals surface area contributed by atoms with Crippen molar-refractivity contribution >= 4 is 29.2 Å². The summed E-state index contributed by atoms with van der Waals surface area (Å²) in [5.74, 6) is -0.737. The maximum Gasteiger partial charge on any atom is 0.341 e. The van der Waals surface area contributed by atoms with Gasteiger partial charge in [-0.25, -0.2) is 4.79 Å². The molecule has 0 bridgehead atoms. The molecule has 0 radical (unpaired) electrons. The number of rotatable bonds is 8. The van der Waals surface area contributed by atoms with Gasteiger partial charge in [0.2, 0.25) is 0 Å². The molecule has 1 N–H and O–H groups in total. The highest BCUT2D eigenvalue weighted by atomic mass is 35.5. The highest BCUT2D eigenvalue weighted by Gasteiger charge is 2.20. The summed E-state index contributed by atoms with van der Waals surface area (Å²) in [6.45, 7) is 11.3. The Hall–Kier alpha value is -1.75. The van der Waals surface area contributed by atoms with Crippen molar-refractivity contribution in [2.45, 2.75) is 27.3 Å². The molecular formula is C21H28Cl2NO3+. The van der Waals surface area contributed by atoms with Gasteiger partial charge in [-0.3, -0.25) is 0 Å². The van der Waals surface area contributed by atoms with Gasteiger partial charge in [-0.2, -0.15) is 0 Å². The predicted molar refractivity (Wildman–Crippen MR) is 112 cm³/mol. The fourth-order valence-corrected chi connectivity index (χ4v) is 3.17. The van der Waals surface area contributed by atoms with Crippen molar-refractivity contribution in [1.82, 2.24) is 0 Å². The SMILES string of the molecule is CC[N+](CC)(CC)Cc1ccccc1.O=C(O)COc1ccc(Cl)cc1Cl. The summed E-state index contributed by atoms with van der Waals surface area (Å²) in [4.78, 5) is 10.2. The Bertz CT molecular complexity index is 696. The largest absolute Gasteiger partial charge is 0.480 e. The minimum Gasteiger partial charge on any atom is -0.480 e. The number of carbonyl (C=O) groups is 1. The number of nitrogens with zero attached hydrogens (tertiary/aromatic N) is 1. The molecule has 0 aliphatic rings. The molecule has 0 aliphatic carbocycles. The first-order chi connectivity index (χ1) is 12.9. The molecule has 2 aromatic carbocycles. The molecule has 0 saturated heterocycles. The summed E-state index contributed by atoms with van der Waals surface area (Å²) < 4.78 is 6.06. The van der Waals surface area contributed by atoms with Gasteiger partial charge in [-0.1, -0.05) is 53.5 Å². The number of halogens is 2. The maximum absolute atomic E-state index is 10.2. The molecule has 0 fully saturated rings. The predicted octanol–water partition coefficient (Wildman–Crippen LogP) is 5.52. The Morgan fingerprint density at radius 1 is 1.00 bits per heavy atom. The highest BCUT2D eigenvalue weighted by Crippen LogP contribution is 2.27. The summed E-state index contributed by atoms with van der Waals surface area (Å²) in [5, 5.41) is 9.11. The smallest absolute Gasteiger partial charge is 0.341 e. The molecule has 0 aromatic heterocycles. The van der Waals surface area contributed by atoms with Gasteiger partial charge in [0.1, 0.15) is 12.3 Å². The van der Waals surface area contributed by atoms with Crippen molar-refractivity contribution < 1.29 is 19.1 Å². The molecule has 0 unspecified atom stereocenters. The van der Waals surface area contributed by atoms with Crippen LogP contribution in [0.25, 0.3) is 0 Å². The van der Waals surface area contributed by atoms with E-state index in [4.69, 9.17) is 33.0 Å². The average Bonchev–Trinajstić information content (AvgIpc) is 2.67. The first-order valence-corrected chi connectivity index (χ1v) is 9.80. The topological polar surface area (TPSA) is 46.5 Å². The lowest BCUT2D eigenvalue weighted by Gasteiger charge is -2.35. The lowest BCUT2D eigenvalue weighted by atomic mass is 10.2. The first kappa shape index (κ1) is 23.3. The van der Waals surface area contributed by atoms with Crippen LogP contribution in [0.15, 0.2) is 48.5 Å². The fraction of sp³-hybridized carbons (Fsp3) is 0.381. The third kappa shape index (κ3) is 8.21. The number of ether oxygens (including phenoxy) is 1. The molecule has 0 atom stereocenters. The van der Waals surface area contributed by atoms with E-state index in [-0.39, 0.29) is 0 Å². The van der Waals surface area contributed by atoms with Crippen LogP contribution in [0.3, 0.4) is 0 Å². The summed E-state index contributed by atoms with van der Waals surface area (Å²) >= 11 is 11.3. The van der Waals surface area contributed by atoms with E-state index in [0.717, 1.165) is 0 Å². The van der Waals surface area contributed by atoms with Gasteiger partial charge in [0.15, 0.2) is 6.61 Å². The Kier molecular flexibility index (Phi) is 10.2. The maximum atomic E-state index is 10.2. The molecule has 0 saturated carbocycles. The summed E-state index contributed by atoms with van der Waals surface area (Å²) in [6.07, 6.45) is 0. The van der Waals surface area contributed by atoms with Crippen LogP contribution in [0.1, 0.15) is 26.3 Å². The van der Waals surface area contributed by atoms with Crippen molar-refractivity contribution in [3.8, 4) is 5.75 Å². The third-order valence-corrected chi connectivity index (χ3v) is 5.15. The second-order valence-corrected chi connectivity index (χ2v) is 7.03. The molecular weight excluding hydrogens is 385 g/mol. The van der Waals surface area contributed by atoms with Gasteiger partial charge < -0.3 is 14.3 Å². The Balaban J connectivity index is 0.000000271. The molecule has 0 heterocycles. The Morgan fingerprint density at radius 2 is 1.59 bits per heavy atom. The Labute approximate surface area is 171 Å². The first-order valence-electron chi connectivity index (χ1n) is 9.04. The number of carboxylic acid groups (broad SMARTS) is 1. The van der Waals surface area contributed by atoms with Gasteiger partial charge in [0.05, 0.1) is 24.7 Å². The second-order valence-electron chi connectivity index (χ2n) is 6.19.